The van der Waals surface area contributed by atoms with Crippen LogP contribution in [0.1, 0.15) is 12.0 Å². The maximum Gasteiger partial charge on any atom is 0.0882 e. The zero-order chi connectivity index (χ0) is 11.6. The first-order valence-corrected chi connectivity index (χ1v) is 5.23. The van der Waals surface area contributed by atoms with Crippen LogP contribution in [-0.2, 0) is 4.74 Å². The van der Waals surface area contributed by atoms with Crippen LogP contribution in [0.3, 0.4) is 0 Å². The third kappa shape index (κ3) is 5.35. The fourth-order valence-corrected chi connectivity index (χ4v) is 1.14. The summed E-state index contributed by atoms with van der Waals surface area (Å²) >= 11 is 0. The first kappa shape index (κ1) is 12.5. The third-order valence-corrected chi connectivity index (χ3v) is 1.89. The first-order valence-electron chi connectivity index (χ1n) is 5.23. The maximum absolute atomic E-state index is 9.49. The topological polar surface area (TPSA) is 29.5 Å². The van der Waals surface area contributed by atoms with Crippen molar-refractivity contribution in [3.8, 4) is 11.8 Å². The molecule has 0 aliphatic rings. The molecule has 2 heteroatoms. The third-order valence-electron chi connectivity index (χ3n) is 1.89. The molecule has 0 saturated carbocycles. The molecule has 1 rings (SSSR count). The largest absolute Gasteiger partial charge is 0.390 e. The smallest absolute Gasteiger partial charge is 0.0882 e. The lowest BCUT2D eigenvalue weighted by molar-refractivity contribution is 0.0523. The van der Waals surface area contributed by atoms with Crippen molar-refractivity contribution < 1.29 is 9.84 Å². The van der Waals surface area contributed by atoms with E-state index in [1.54, 1.807) is 6.08 Å². The fourth-order valence-electron chi connectivity index (χ4n) is 1.14. The molecule has 0 amide bonds. The molecule has 1 aromatic rings. The van der Waals surface area contributed by atoms with Crippen LogP contribution in [0.4, 0.5) is 0 Å². The van der Waals surface area contributed by atoms with Gasteiger partial charge in [-0.25, -0.2) is 0 Å². The van der Waals surface area contributed by atoms with Crippen molar-refractivity contribution in [1.29, 1.82) is 0 Å². The van der Waals surface area contributed by atoms with Gasteiger partial charge in [0.15, 0.2) is 0 Å². The van der Waals surface area contributed by atoms with Gasteiger partial charge in [0.1, 0.15) is 0 Å². The van der Waals surface area contributed by atoms with Crippen LogP contribution < -0.4 is 0 Å². The monoisotopic (exact) mass is 216 g/mol. The highest BCUT2D eigenvalue weighted by Gasteiger charge is 2.00. The van der Waals surface area contributed by atoms with E-state index < -0.39 is 6.10 Å². The predicted molar refractivity (Wildman–Crippen MR) is 65.0 cm³/mol. The summed E-state index contributed by atoms with van der Waals surface area (Å²) in [6, 6.07) is 9.70. The highest BCUT2D eigenvalue weighted by Crippen LogP contribution is 1.96. The minimum atomic E-state index is -0.531. The molecule has 0 aliphatic carbocycles. The molecule has 16 heavy (non-hydrogen) atoms. The molecule has 0 bridgehead atoms. The second-order valence-electron chi connectivity index (χ2n) is 3.35. The van der Waals surface area contributed by atoms with Gasteiger partial charge in [-0.1, -0.05) is 36.1 Å². The van der Waals surface area contributed by atoms with Crippen LogP contribution in [0, 0.1) is 11.8 Å². The van der Waals surface area contributed by atoms with Crippen molar-refractivity contribution in [2.24, 2.45) is 0 Å². The normalized spacial score (nSPS) is 11.3. The number of ether oxygens (including phenoxy) is 1. The minimum absolute atomic E-state index is 0.301. The summed E-state index contributed by atoms with van der Waals surface area (Å²) in [4.78, 5) is 0. The van der Waals surface area contributed by atoms with E-state index in [-0.39, 0.29) is 0 Å². The average Bonchev–Trinajstić information content (AvgIpc) is 2.31. The van der Waals surface area contributed by atoms with E-state index in [4.69, 9.17) is 4.74 Å². The van der Waals surface area contributed by atoms with Crippen molar-refractivity contribution in [3.63, 3.8) is 0 Å². The standard InChI is InChI=1S/C14H16O2/c1-2-11-16-12-14(15)10-6-9-13-7-4-3-5-8-13/h2-5,7-8,14-15H,1,10-12H2. The van der Waals surface area contributed by atoms with E-state index in [9.17, 15) is 5.11 Å². The van der Waals surface area contributed by atoms with Gasteiger partial charge in [0.2, 0.25) is 0 Å². The minimum Gasteiger partial charge on any atom is -0.390 e. The molecule has 0 aromatic heterocycles. The quantitative estimate of drug-likeness (QED) is 0.463. The lowest BCUT2D eigenvalue weighted by Crippen LogP contribution is -2.14. The molecule has 0 saturated heterocycles. The lowest BCUT2D eigenvalue weighted by atomic mass is 10.2. The Morgan fingerprint density at radius 2 is 2.12 bits per heavy atom. The van der Waals surface area contributed by atoms with Gasteiger partial charge >= 0.3 is 0 Å². The van der Waals surface area contributed by atoms with E-state index in [2.05, 4.69) is 18.4 Å². The summed E-state index contributed by atoms with van der Waals surface area (Å²) in [7, 11) is 0. The van der Waals surface area contributed by atoms with Crippen LogP contribution in [0.5, 0.6) is 0 Å². The number of aliphatic hydroxyl groups is 1. The molecule has 0 spiro atoms. The Morgan fingerprint density at radius 3 is 2.81 bits per heavy atom. The Hall–Kier alpha value is -1.56. The van der Waals surface area contributed by atoms with Crippen LogP contribution in [-0.4, -0.2) is 24.4 Å². The summed E-state index contributed by atoms with van der Waals surface area (Å²) in [5.74, 6) is 5.90. The molecule has 1 aromatic carbocycles. The van der Waals surface area contributed by atoms with E-state index >= 15 is 0 Å². The SMILES string of the molecule is C=CCOCC(O)CC#Cc1ccccc1. The van der Waals surface area contributed by atoms with Crippen molar-refractivity contribution in [1.82, 2.24) is 0 Å². The number of aliphatic hydroxyl groups excluding tert-OH is 1. The molecule has 0 radical (unpaired) electrons. The Bertz CT molecular complexity index is 359. The molecular formula is C14H16O2. The van der Waals surface area contributed by atoms with Crippen LogP contribution in [0.15, 0.2) is 43.0 Å². The van der Waals surface area contributed by atoms with Gasteiger partial charge in [-0.05, 0) is 12.1 Å². The fraction of sp³-hybridized carbons (Fsp3) is 0.286. The molecule has 0 fully saturated rings. The van der Waals surface area contributed by atoms with Gasteiger partial charge in [-0.3, -0.25) is 0 Å². The molecule has 84 valence electrons. The second-order valence-corrected chi connectivity index (χ2v) is 3.35. The number of rotatable bonds is 5. The summed E-state index contributed by atoms with van der Waals surface area (Å²) in [6.45, 7) is 4.29. The maximum atomic E-state index is 9.49. The summed E-state index contributed by atoms with van der Waals surface area (Å²) in [5.41, 5.74) is 0.960. The highest BCUT2D eigenvalue weighted by molar-refractivity contribution is 5.33. The van der Waals surface area contributed by atoms with Crippen LogP contribution >= 0.6 is 0 Å². The summed E-state index contributed by atoms with van der Waals surface area (Å²) in [6.07, 6.45) is 1.55. The molecule has 1 atom stereocenters. The Labute approximate surface area is 96.6 Å². The van der Waals surface area contributed by atoms with E-state index in [0.29, 0.717) is 19.6 Å². The number of benzene rings is 1. The van der Waals surface area contributed by atoms with Crippen molar-refractivity contribution in [3.05, 3.63) is 48.6 Å². The average molecular weight is 216 g/mol. The predicted octanol–water partition coefficient (Wildman–Crippen LogP) is 1.99. The van der Waals surface area contributed by atoms with Crippen molar-refractivity contribution in [2.75, 3.05) is 13.2 Å². The van der Waals surface area contributed by atoms with E-state index in [1.807, 2.05) is 30.3 Å². The van der Waals surface area contributed by atoms with Crippen molar-refractivity contribution in [2.45, 2.75) is 12.5 Å². The van der Waals surface area contributed by atoms with Gasteiger partial charge < -0.3 is 9.84 Å². The molecule has 1 unspecified atom stereocenters. The Balaban J connectivity index is 2.28. The number of hydrogen-bond acceptors (Lipinski definition) is 2. The summed E-state index contributed by atoms with van der Waals surface area (Å²) in [5, 5.41) is 9.49. The molecular weight excluding hydrogens is 200 g/mol. The lowest BCUT2D eigenvalue weighted by Gasteiger charge is -2.05. The van der Waals surface area contributed by atoms with Crippen molar-refractivity contribution >= 4 is 0 Å². The molecule has 1 N–H and O–H groups in total. The summed E-state index contributed by atoms with van der Waals surface area (Å²) < 4.78 is 5.11. The van der Waals surface area contributed by atoms with Gasteiger partial charge in [-0.15, -0.1) is 6.58 Å². The second kappa shape index (κ2) is 7.70. The van der Waals surface area contributed by atoms with E-state index in [0.717, 1.165) is 5.56 Å². The van der Waals surface area contributed by atoms with Gasteiger partial charge in [0, 0.05) is 12.0 Å². The van der Waals surface area contributed by atoms with Crippen LogP contribution in [0.2, 0.25) is 0 Å². The zero-order valence-electron chi connectivity index (χ0n) is 9.23. The van der Waals surface area contributed by atoms with Gasteiger partial charge in [0.25, 0.3) is 0 Å². The Morgan fingerprint density at radius 1 is 1.38 bits per heavy atom. The molecule has 0 heterocycles. The van der Waals surface area contributed by atoms with E-state index in [1.165, 1.54) is 0 Å². The zero-order valence-corrected chi connectivity index (χ0v) is 9.23. The van der Waals surface area contributed by atoms with Gasteiger partial charge in [0.05, 0.1) is 19.3 Å². The Kier molecular flexibility index (Phi) is 6.02. The molecule has 2 nitrogen and oxygen atoms in total. The molecule has 0 aliphatic heterocycles. The van der Waals surface area contributed by atoms with Gasteiger partial charge in [-0.2, -0.15) is 0 Å². The highest BCUT2D eigenvalue weighted by atomic mass is 16.5. The van der Waals surface area contributed by atoms with Crippen LogP contribution in [0.25, 0.3) is 0 Å². The number of hydrogen-bond donors (Lipinski definition) is 1. The first-order chi connectivity index (χ1) is 7.83.